The summed E-state index contributed by atoms with van der Waals surface area (Å²) in [5.74, 6) is -0.696. The highest BCUT2D eigenvalue weighted by Crippen LogP contribution is 2.30. The van der Waals surface area contributed by atoms with E-state index in [2.05, 4.69) is 17.2 Å². The molecule has 0 spiro atoms. The van der Waals surface area contributed by atoms with Crippen LogP contribution in [0.15, 0.2) is 42.2 Å². The molecule has 1 saturated carbocycles. The number of nitrogens with zero attached hydrogens (tertiary/aromatic N) is 1. The standard InChI is InChI=1S/C27H32ClN3O4/c1-16-6-8-19(14-22(16)28)13-21(32)10-9-18-4-3-5-20(12-18)30-23-15-25(33)31(27(23)35)24-11-7-17(2)29-26(24)34/h6,8,14-15,18,20,24,30H,2-5,7,9-13H2,1H3,(H,29,34). The van der Waals surface area contributed by atoms with Gasteiger partial charge in [-0.1, -0.05) is 43.2 Å². The van der Waals surface area contributed by atoms with Gasteiger partial charge in [-0.15, -0.1) is 0 Å². The highest BCUT2D eigenvalue weighted by atomic mass is 35.5. The molecule has 7 nitrogen and oxygen atoms in total. The fourth-order valence-electron chi connectivity index (χ4n) is 5.22. The summed E-state index contributed by atoms with van der Waals surface area (Å²) in [5.41, 5.74) is 2.79. The van der Waals surface area contributed by atoms with Gasteiger partial charge in [-0.2, -0.15) is 0 Å². The topological polar surface area (TPSA) is 95.6 Å². The predicted molar refractivity (Wildman–Crippen MR) is 133 cm³/mol. The molecule has 0 radical (unpaired) electrons. The minimum absolute atomic E-state index is 0.0580. The number of ketones is 1. The molecule has 3 unspecified atom stereocenters. The Bertz CT molecular complexity index is 1100. The Morgan fingerprint density at radius 1 is 1.23 bits per heavy atom. The van der Waals surface area contributed by atoms with Gasteiger partial charge in [0, 0.05) is 35.7 Å². The average Bonchev–Trinajstić information content (AvgIpc) is 3.08. The van der Waals surface area contributed by atoms with Crippen LogP contribution in [0.1, 0.15) is 62.5 Å². The van der Waals surface area contributed by atoms with Gasteiger partial charge >= 0.3 is 0 Å². The molecule has 3 amide bonds. The maximum atomic E-state index is 12.9. The van der Waals surface area contributed by atoms with E-state index in [1.165, 1.54) is 6.08 Å². The molecule has 3 aliphatic rings. The van der Waals surface area contributed by atoms with Crippen LogP contribution in [0.4, 0.5) is 0 Å². The summed E-state index contributed by atoms with van der Waals surface area (Å²) in [6, 6.07) is 5.00. The van der Waals surface area contributed by atoms with Gasteiger partial charge in [-0.3, -0.25) is 24.1 Å². The third kappa shape index (κ3) is 6.01. The van der Waals surface area contributed by atoms with E-state index in [0.717, 1.165) is 48.1 Å². The van der Waals surface area contributed by atoms with Crippen molar-refractivity contribution in [3.63, 3.8) is 0 Å². The Labute approximate surface area is 211 Å². The molecule has 2 aliphatic heterocycles. The van der Waals surface area contributed by atoms with Crippen molar-refractivity contribution in [2.75, 3.05) is 0 Å². The van der Waals surface area contributed by atoms with Gasteiger partial charge in [-0.05, 0) is 62.1 Å². The summed E-state index contributed by atoms with van der Waals surface area (Å²) in [6.45, 7) is 5.68. The Kier molecular flexibility index (Phi) is 7.75. The zero-order valence-electron chi connectivity index (χ0n) is 20.1. The Hall–Kier alpha value is -2.93. The van der Waals surface area contributed by atoms with Crippen molar-refractivity contribution in [3.8, 4) is 0 Å². The Morgan fingerprint density at radius 3 is 2.77 bits per heavy atom. The second-order valence-corrected chi connectivity index (χ2v) is 10.3. The van der Waals surface area contributed by atoms with Crippen LogP contribution in [0.2, 0.25) is 5.02 Å². The summed E-state index contributed by atoms with van der Waals surface area (Å²) in [4.78, 5) is 51.4. The normalized spacial score (nSPS) is 24.9. The van der Waals surface area contributed by atoms with Crippen LogP contribution in [0.5, 0.6) is 0 Å². The molecule has 35 heavy (non-hydrogen) atoms. The van der Waals surface area contributed by atoms with Gasteiger partial charge < -0.3 is 10.6 Å². The minimum Gasteiger partial charge on any atom is -0.378 e. The predicted octanol–water partition coefficient (Wildman–Crippen LogP) is 3.73. The molecule has 1 aliphatic carbocycles. The highest BCUT2D eigenvalue weighted by Gasteiger charge is 2.42. The van der Waals surface area contributed by atoms with E-state index in [4.69, 9.17) is 11.6 Å². The number of piperidine rings is 1. The third-order valence-electron chi connectivity index (χ3n) is 7.20. The van der Waals surface area contributed by atoms with Gasteiger partial charge in [0.25, 0.3) is 11.8 Å². The molecule has 1 aromatic rings. The molecule has 3 atom stereocenters. The van der Waals surface area contributed by atoms with Crippen LogP contribution in [-0.4, -0.2) is 40.5 Å². The first-order chi connectivity index (χ1) is 16.7. The lowest BCUT2D eigenvalue weighted by molar-refractivity contribution is -0.146. The van der Waals surface area contributed by atoms with Crippen LogP contribution in [-0.2, 0) is 25.6 Å². The molecular weight excluding hydrogens is 466 g/mol. The second-order valence-electron chi connectivity index (χ2n) is 9.93. The van der Waals surface area contributed by atoms with Gasteiger partial charge in [0.05, 0.1) is 0 Å². The number of imide groups is 1. The van der Waals surface area contributed by atoms with Crippen molar-refractivity contribution in [1.29, 1.82) is 0 Å². The number of benzene rings is 1. The number of rotatable bonds is 8. The molecule has 1 saturated heterocycles. The van der Waals surface area contributed by atoms with Gasteiger partial charge in [-0.25, -0.2) is 0 Å². The molecule has 2 heterocycles. The summed E-state index contributed by atoms with van der Waals surface area (Å²) in [7, 11) is 0. The maximum absolute atomic E-state index is 12.9. The monoisotopic (exact) mass is 497 g/mol. The fraction of sp³-hybridized carbons (Fsp3) is 0.481. The van der Waals surface area contributed by atoms with E-state index in [9.17, 15) is 19.2 Å². The Morgan fingerprint density at radius 2 is 2.03 bits per heavy atom. The maximum Gasteiger partial charge on any atom is 0.277 e. The lowest BCUT2D eigenvalue weighted by atomic mass is 9.82. The molecule has 186 valence electrons. The number of hydrogen-bond acceptors (Lipinski definition) is 5. The van der Waals surface area contributed by atoms with Crippen molar-refractivity contribution < 1.29 is 19.2 Å². The SMILES string of the molecule is C=C1CCC(N2C(=O)C=C(NC3CCCC(CCC(=O)Cc4ccc(C)c(Cl)c4)C3)C2=O)C(=O)N1. The number of halogens is 1. The second kappa shape index (κ2) is 10.8. The van der Waals surface area contributed by atoms with E-state index in [1.807, 2.05) is 25.1 Å². The van der Waals surface area contributed by atoms with E-state index in [1.54, 1.807) is 0 Å². The fourth-order valence-corrected chi connectivity index (χ4v) is 5.43. The van der Waals surface area contributed by atoms with Crippen molar-refractivity contribution in [2.45, 2.75) is 76.8 Å². The van der Waals surface area contributed by atoms with Gasteiger partial charge in [0.2, 0.25) is 5.91 Å². The summed E-state index contributed by atoms with van der Waals surface area (Å²) in [5, 5.41) is 6.58. The lowest BCUT2D eigenvalue weighted by Gasteiger charge is -2.32. The summed E-state index contributed by atoms with van der Waals surface area (Å²) >= 11 is 6.17. The molecule has 0 bridgehead atoms. The summed E-state index contributed by atoms with van der Waals surface area (Å²) in [6.07, 6.45) is 7.71. The largest absolute Gasteiger partial charge is 0.378 e. The van der Waals surface area contributed by atoms with Crippen LogP contribution in [0, 0.1) is 12.8 Å². The van der Waals surface area contributed by atoms with Crippen LogP contribution >= 0.6 is 11.6 Å². The molecule has 0 aromatic heterocycles. The number of hydrogen-bond donors (Lipinski definition) is 2. The van der Waals surface area contributed by atoms with Crippen molar-refractivity contribution in [3.05, 3.63) is 58.4 Å². The van der Waals surface area contributed by atoms with Crippen LogP contribution < -0.4 is 10.6 Å². The zero-order valence-corrected chi connectivity index (χ0v) is 20.8. The van der Waals surface area contributed by atoms with Crippen molar-refractivity contribution in [1.82, 2.24) is 15.5 Å². The quantitative estimate of drug-likeness (QED) is 0.533. The smallest absolute Gasteiger partial charge is 0.277 e. The third-order valence-corrected chi connectivity index (χ3v) is 7.61. The van der Waals surface area contributed by atoms with Crippen LogP contribution in [0.3, 0.4) is 0 Å². The summed E-state index contributed by atoms with van der Waals surface area (Å²) < 4.78 is 0. The van der Waals surface area contributed by atoms with E-state index < -0.39 is 17.9 Å². The number of carbonyl (C=O) groups is 4. The number of Topliss-reactive ketones (excluding diaryl/α,β-unsaturated/α-hetero) is 1. The van der Waals surface area contributed by atoms with E-state index in [-0.39, 0.29) is 23.4 Å². The highest BCUT2D eigenvalue weighted by molar-refractivity contribution is 6.31. The average molecular weight is 498 g/mol. The molecule has 4 rings (SSSR count). The number of amides is 3. The zero-order chi connectivity index (χ0) is 25.1. The minimum atomic E-state index is -0.801. The van der Waals surface area contributed by atoms with E-state index >= 15 is 0 Å². The first-order valence-electron chi connectivity index (χ1n) is 12.3. The van der Waals surface area contributed by atoms with E-state index in [0.29, 0.717) is 42.3 Å². The Balaban J connectivity index is 1.27. The number of carbonyl (C=O) groups excluding carboxylic acids is 4. The van der Waals surface area contributed by atoms with Crippen LogP contribution in [0.25, 0.3) is 0 Å². The lowest BCUT2D eigenvalue weighted by Crippen LogP contribution is -2.52. The molecule has 2 fully saturated rings. The number of aryl methyl sites for hydroxylation is 1. The van der Waals surface area contributed by atoms with Gasteiger partial charge in [0.1, 0.15) is 17.5 Å². The first kappa shape index (κ1) is 25.2. The molecule has 8 heteroatoms. The molecule has 2 N–H and O–H groups in total. The van der Waals surface area contributed by atoms with Crippen molar-refractivity contribution in [2.24, 2.45) is 5.92 Å². The first-order valence-corrected chi connectivity index (χ1v) is 12.7. The number of nitrogens with one attached hydrogen (secondary N) is 2. The van der Waals surface area contributed by atoms with Crippen molar-refractivity contribution >= 4 is 35.1 Å². The van der Waals surface area contributed by atoms with Gasteiger partial charge in [0.15, 0.2) is 0 Å². The number of allylic oxidation sites excluding steroid dienone is 1. The molecule has 1 aromatic carbocycles. The molecular formula is C27H32ClN3O4.